The summed E-state index contributed by atoms with van der Waals surface area (Å²) in [5.41, 5.74) is 1.66. The molecule has 0 saturated carbocycles. The first kappa shape index (κ1) is 22.6. The van der Waals surface area contributed by atoms with Crippen molar-refractivity contribution in [3.8, 4) is 28.6 Å². The van der Waals surface area contributed by atoms with E-state index in [2.05, 4.69) is 20.8 Å². The average Bonchev–Trinajstić information content (AvgIpc) is 3.17. The molecule has 0 spiro atoms. The molecule has 0 amide bonds. The molecule has 1 aliphatic rings. The molecule has 0 radical (unpaired) electrons. The quantitative estimate of drug-likeness (QED) is 0.543. The lowest BCUT2D eigenvalue weighted by atomic mass is 9.89. The van der Waals surface area contributed by atoms with Crippen LogP contribution in [0.5, 0.6) is 17.2 Å². The first-order valence-corrected chi connectivity index (χ1v) is 11.1. The van der Waals surface area contributed by atoms with Gasteiger partial charge in [-0.1, -0.05) is 15.9 Å². The smallest absolute Gasteiger partial charge is 0.197 e. The van der Waals surface area contributed by atoms with E-state index in [-0.39, 0.29) is 24.0 Å². The van der Waals surface area contributed by atoms with Crippen molar-refractivity contribution >= 4 is 26.9 Å². The fourth-order valence-corrected chi connectivity index (χ4v) is 4.98. The zero-order valence-corrected chi connectivity index (χ0v) is 20.1. The van der Waals surface area contributed by atoms with Crippen molar-refractivity contribution in [1.82, 2.24) is 4.90 Å². The summed E-state index contributed by atoms with van der Waals surface area (Å²) in [6.07, 6.45) is 0.802. The number of likely N-dealkylation sites (tertiary alicyclic amines) is 1. The molecular weight excluding hydrogens is 478 g/mol. The van der Waals surface area contributed by atoms with Crippen LogP contribution in [-0.4, -0.2) is 57.6 Å². The van der Waals surface area contributed by atoms with Gasteiger partial charge in [-0.3, -0.25) is 4.79 Å². The van der Waals surface area contributed by atoms with Crippen molar-refractivity contribution in [3.63, 3.8) is 0 Å². The van der Waals surface area contributed by atoms with E-state index < -0.39 is 0 Å². The first-order valence-electron chi connectivity index (χ1n) is 10.3. The fourth-order valence-electron chi connectivity index (χ4n) is 4.54. The maximum Gasteiger partial charge on any atom is 0.197 e. The molecule has 1 N–H and O–H groups in total. The van der Waals surface area contributed by atoms with Gasteiger partial charge in [0.2, 0.25) is 0 Å². The lowest BCUT2D eigenvalue weighted by Crippen LogP contribution is -2.32. The maximum atomic E-state index is 13.3. The predicted octanol–water partition coefficient (Wildman–Crippen LogP) is 4.03. The van der Waals surface area contributed by atoms with E-state index in [9.17, 15) is 9.90 Å². The average molecular weight is 504 g/mol. The summed E-state index contributed by atoms with van der Waals surface area (Å²) < 4.78 is 23.8. The van der Waals surface area contributed by atoms with Gasteiger partial charge in [0.05, 0.1) is 27.9 Å². The number of hydrogen-bond acceptors (Lipinski definition) is 7. The van der Waals surface area contributed by atoms with Gasteiger partial charge in [0.25, 0.3) is 0 Å². The predicted molar refractivity (Wildman–Crippen MR) is 126 cm³/mol. The molecule has 4 rings (SSSR count). The number of halogens is 1. The van der Waals surface area contributed by atoms with Crippen LogP contribution in [0.2, 0.25) is 0 Å². The molecule has 1 aromatic heterocycles. The van der Waals surface area contributed by atoms with Crippen molar-refractivity contribution in [1.29, 1.82) is 0 Å². The van der Waals surface area contributed by atoms with E-state index in [4.69, 9.17) is 18.6 Å². The third-order valence-electron chi connectivity index (χ3n) is 6.23. The van der Waals surface area contributed by atoms with Gasteiger partial charge < -0.3 is 28.6 Å². The molecule has 0 bridgehead atoms. The molecule has 1 aliphatic heterocycles. The van der Waals surface area contributed by atoms with E-state index in [1.165, 1.54) is 13.2 Å². The summed E-state index contributed by atoms with van der Waals surface area (Å²) in [6, 6.07) is 8.56. The number of aliphatic hydroxyl groups excluding tert-OH is 1. The molecule has 1 saturated heterocycles. The standard InChI is InChI=1S/C24H26BrNO6/c1-26-8-7-14(17(26)12-27)22-20(30-3)11-21(31-4)23-18(28)10-19(32-24(22)23)15-9-13(29-2)5-6-16(15)25/h5-6,9-11,14,17,27H,7-8,12H2,1-4H3. The minimum atomic E-state index is -0.219. The number of ether oxygens (including phenoxy) is 3. The Bertz CT molecular complexity index is 1210. The zero-order valence-electron chi connectivity index (χ0n) is 18.5. The maximum absolute atomic E-state index is 13.3. The van der Waals surface area contributed by atoms with Crippen molar-refractivity contribution in [2.45, 2.75) is 18.4 Å². The van der Waals surface area contributed by atoms with Crippen molar-refractivity contribution in [2.75, 3.05) is 41.5 Å². The minimum absolute atomic E-state index is 0.0107. The van der Waals surface area contributed by atoms with Gasteiger partial charge in [-0.15, -0.1) is 0 Å². The van der Waals surface area contributed by atoms with E-state index in [1.54, 1.807) is 20.3 Å². The van der Waals surface area contributed by atoms with Crippen LogP contribution < -0.4 is 19.6 Å². The van der Waals surface area contributed by atoms with Gasteiger partial charge in [-0.05, 0) is 38.2 Å². The van der Waals surface area contributed by atoms with Crippen LogP contribution >= 0.6 is 15.9 Å². The topological polar surface area (TPSA) is 81.4 Å². The number of benzene rings is 2. The van der Waals surface area contributed by atoms with Crippen LogP contribution in [0.25, 0.3) is 22.3 Å². The Hall–Kier alpha value is -2.55. The molecule has 7 nitrogen and oxygen atoms in total. The number of nitrogens with zero attached hydrogens (tertiary/aromatic N) is 1. The Balaban J connectivity index is 2.06. The molecule has 2 unspecified atom stereocenters. The number of fused-ring (bicyclic) bond motifs is 1. The molecule has 2 heterocycles. The third-order valence-corrected chi connectivity index (χ3v) is 6.92. The third kappa shape index (κ3) is 3.76. The van der Waals surface area contributed by atoms with Crippen LogP contribution in [0.15, 0.2) is 44.0 Å². The Labute approximate surface area is 194 Å². The fraction of sp³-hybridized carbons (Fsp3) is 0.375. The molecule has 0 aliphatic carbocycles. The lowest BCUT2D eigenvalue weighted by molar-refractivity contribution is 0.171. The Morgan fingerprint density at radius 1 is 1.12 bits per heavy atom. The van der Waals surface area contributed by atoms with Crippen molar-refractivity contribution < 1.29 is 23.7 Å². The molecule has 2 aromatic carbocycles. The van der Waals surface area contributed by atoms with Gasteiger partial charge in [0.1, 0.15) is 34.0 Å². The summed E-state index contributed by atoms with van der Waals surface area (Å²) >= 11 is 3.55. The number of aliphatic hydroxyl groups is 1. The summed E-state index contributed by atoms with van der Waals surface area (Å²) in [7, 11) is 6.66. The molecule has 2 atom stereocenters. The van der Waals surface area contributed by atoms with Crippen LogP contribution in [0.3, 0.4) is 0 Å². The monoisotopic (exact) mass is 503 g/mol. The molecule has 8 heteroatoms. The first-order chi connectivity index (χ1) is 15.4. The second-order valence-electron chi connectivity index (χ2n) is 7.85. The van der Waals surface area contributed by atoms with Gasteiger partial charge in [0.15, 0.2) is 5.43 Å². The molecule has 170 valence electrons. The largest absolute Gasteiger partial charge is 0.497 e. The van der Waals surface area contributed by atoms with Crippen molar-refractivity contribution in [2.24, 2.45) is 0 Å². The highest BCUT2D eigenvalue weighted by Gasteiger charge is 2.37. The van der Waals surface area contributed by atoms with E-state index in [1.807, 2.05) is 25.2 Å². The number of likely N-dealkylation sites (N-methyl/N-ethyl adjacent to an activating group) is 1. The van der Waals surface area contributed by atoms with E-state index >= 15 is 0 Å². The second-order valence-corrected chi connectivity index (χ2v) is 8.70. The van der Waals surface area contributed by atoms with E-state index in [0.29, 0.717) is 39.5 Å². The second kappa shape index (κ2) is 9.13. The Morgan fingerprint density at radius 3 is 2.53 bits per heavy atom. The Morgan fingerprint density at radius 2 is 1.88 bits per heavy atom. The minimum Gasteiger partial charge on any atom is -0.497 e. The molecular formula is C24H26BrNO6. The van der Waals surface area contributed by atoms with Crippen LogP contribution in [0.4, 0.5) is 0 Å². The highest BCUT2D eigenvalue weighted by atomic mass is 79.9. The number of hydrogen-bond donors (Lipinski definition) is 1. The van der Waals surface area contributed by atoms with Crippen LogP contribution in [-0.2, 0) is 0 Å². The Kier molecular flexibility index (Phi) is 6.46. The van der Waals surface area contributed by atoms with Crippen LogP contribution in [0, 0.1) is 0 Å². The van der Waals surface area contributed by atoms with Crippen LogP contribution in [0.1, 0.15) is 17.9 Å². The summed E-state index contributed by atoms with van der Waals surface area (Å²) in [5, 5.41) is 10.4. The SMILES string of the molecule is COc1ccc(Br)c(-c2cc(=O)c3c(OC)cc(OC)c(C4CCN(C)C4CO)c3o2)c1. The normalized spacial score (nSPS) is 18.8. The lowest BCUT2D eigenvalue weighted by Gasteiger charge is -2.25. The highest BCUT2D eigenvalue weighted by Crippen LogP contribution is 2.45. The summed E-state index contributed by atoms with van der Waals surface area (Å²) in [6.45, 7) is 0.807. The number of rotatable bonds is 6. The van der Waals surface area contributed by atoms with E-state index in [0.717, 1.165) is 23.0 Å². The van der Waals surface area contributed by atoms with Gasteiger partial charge in [-0.2, -0.15) is 0 Å². The van der Waals surface area contributed by atoms with Gasteiger partial charge >= 0.3 is 0 Å². The zero-order chi connectivity index (χ0) is 23.0. The molecule has 1 fully saturated rings. The summed E-state index contributed by atoms with van der Waals surface area (Å²) in [5.74, 6) is 1.93. The van der Waals surface area contributed by atoms with Crippen molar-refractivity contribution in [3.05, 3.63) is 50.6 Å². The highest BCUT2D eigenvalue weighted by molar-refractivity contribution is 9.10. The summed E-state index contributed by atoms with van der Waals surface area (Å²) in [4.78, 5) is 15.4. The molecule has 3 aromatic rings. The molecule has 32 heavy (non-hydrogen) atoms. The van der Waals surface area contributed by atoms with Gasteiger partial charge in [0, 0.05) is 39.7 Å². The number of methoxy groups -OCH3 is 3. The van der Waals surface area contributed by atoms with Gasteiger partial charge in [-0.25, -0.2) is 0 Å².